The number of nitrogens with zero attached hydrogens (tertiary/aromatic N) is 5. The lowest BCUT2D eigenvalue weighted by molar-refractivity contribution is -0.142. The summed E-state index contributed by atoms with van der Waals surface area (Å²) in [7, 11) is 1.27. The monoisotopic (exact) mass is 393 g/mol. The molecular formula is C17H14F3N5O3. The van der Waals surface area contributed by atoms with Gasteiger partial charge in [0, 0.05) is 12.1 Å². The Labute approximate surface area is 156 Å². The third kappa shape index (κ3) is 3.30. The number of methoxy groups -OCH3 is 1. The van der Waals surface area contributed by atoms with Gasteiger partial charge in [0.25, 0.3) is 0 Å². The molecular weight excluding hydrogens is 379 g/mol. The second-order valence-corrected chi connectivity index (χ2v) is 6.06. The quantitative estimate of drug-likeness (QED) is 0.636. The average Bonchev–Trinajstić information content (AvgIpc) is 3.23. The van der Waals surface area contributed by atoms with Crippen molar-refractivity contribution in [3.63, 3.8) is 0 Å². The van der Waals surface area contributed by atoms with Gasteiger partial charge >= 0.3 is 12.1 Å². The molecule has 0 unspecified atom stereocenters. The maximum atomic E-state index is 12.8. The fraction of sp³-hybridized carbons (Fsp3) is 0.294. The molecule has 1 aliphatic rings. The van der Waals surface area contributed by atoms with E-state index >= 15 is 0 Å². The van der Waals surface area contributed by atoms with Gasteiger partial charge in [-0.05, 0) is 24.3 Å². The standard InChI is InChI=1S/C17H14F3N5O3/c1-27-16(26)10-2-3-14-13(6-10)25-11(4-5-28-14)7-12(23-25)15-21-9-22-24(15)8-17(18,19)20/h2-3,6-7,9H,4-5,8H2,1H3. The van der Waals surface area contributed by atoms with Crippen LogP contribution in [0, 0.1) is 0 Å². The van der Waals surface area contributed by atoms with Gasteiger partial charge in [-0.2, -0.15) is 23.4 Å². The molecule has 146 valence electrons. The highest BCUT2D eigenvalue weighted by Gasteiger charge is 2.31. The van der Waals surface area contributed by atoms with Gasteiger partial charge in [-0.1, -0.05) is 0 Å². The molecule has 11 heteroatoms. The molecule has 3 aromatic rings. The average molecular weight is 393 g/mol. The molecule has 8 nitrogen and oxygen atoms in total. The molecule has 0 N–H and O–H groups in total. The maximum Gasteiger partial charge on any atom is 0.408 e. The third-order valence-electron chi connectivity index (χ3n) is 4.18. The number of carbonyl (C=O) groups excluding carboxylic acids is 1. The van der Waals surface area contributed by atoms with E-state index in [9.17, 15) is 18.0 Å². The Hall–Kier alpha value is -3.37. The van der Waals surface area contributed by atoms with E-state index in [0.29, 0.717) is 35.7 Å². The second kappa shape index (κ2) is 6.66. The summed E-state index contributed by atoms with van der Waals surface area (Å²) in [6.07, 6.45) is -2.91. The Morgan fingerprint density at radius 2 is 2.14 bits per heavy atom. The summed E-state index contributed by atoms with van der Waals surface area (Å²) in [6.45, 7) is -0.915. The highest BCUT2D eigenvalue weighted by Crippen LogP contribution is 2.31. The van der Waals surface area contributed by atoms with Crippen LogP contribution < -0.4 is 4.74 Å². The van der Waals surface area contributed by atoms with Crippen molar-refractivity contribution >= 4 is 5.97 Å². The molecule has 1 aliphatic heterocycles. The lowest BCUT2D eigenvalue weighted by atomic mass is 10.2. The Morgan fingerprint density at radius 3 is 2.89 bits per heavy atom. The van der Waals surface area contributed by atoms with Gasteiger partial charge in [0.1, 0.15) is 30.0 Å². The van der Waals surface area contributed by atoms with E-state index in [4.69, 9.17) is 9.47 Å². The Morgan fingerprint density at radius 1 is 1.32 bits per heavy atom. The molecule has 0 amide bonds. The van der Waals surface area contributed by atoms with Crippen LogP contribution in [0.1, 0.15) is 16.1 Å². The summed E-state index contributed by atoms with van der Waals surface area (Å²) in [5.41, 5.74) is 1.74. The molecule has 3 heterocycles. The number of carbonyl (C=O) groups is 1. The lowest BCUT2D eigenvalue weighted by Crippen LogP contribution is -2.19. The molecule has 0 bridgehead atoms. The first kappa shape index (κ1) is 18.0. The number of alkyl halides is 3. The Kier molecular flexibility index (Phi) is 4.28. The normalized spacial score (nSPS) is 13.3. The van der Waals surface area contributed by atoms with E-state index in [1.54, 1.807) is 24.3 Å². The van der Waals surface area contributed by atoms with Crippen molar-refractivity contribution in [2.45, 2.75) is 19.1 Å². The van der Waals surface area contributed by atoms with Crippen molar-refractivity contribution in [1.29, 1.82) is 0 Å². The number of aromatic nitrogens is 5. The summed E-state index contributed by atoms with van der Waals surface area (Å²) < 4.78 is 51.0. The summed E-state index contributed by atoms with van der Waals surface area (Å²) >= 11 is 0. The highest BCUT2D eigenvalue weighted by atomic mass is 19.4. The first-order chi connectivity index (χ1) is 13.4. The van der Waals surface area contributed by atoms with Gasteiger partial charge in [0.05, 0.1) is 19.3 Å². The van der Waals surface area contributed by atoms with Crippen molar-refractivity contribution in [3.05, 3.63) is 41.9 Å². The smallest absolute Gasteiger partial charge is 0.408 e. The molecule has 1 aromatic carbocycles. The largest absolute Gasteiger partial charge is 0.491 e. The van der Waals surface area contributed by atoms with Crippen LogP contribution in [0.3, 0.4) is 0 Å². The van der Waals surface area contributed by atoms with E-state index in [1.165, 1.54) is 11.8 Å². The highest BCUT2D eigenvalue weighted by molar-refractivity contribution is 5.90. The number of hydrogen-bond acceptors (Lipinski definition) is 6. The summed E-state index contributed by atoms with van der Waals surface area (Å²) in [4.78, 5) is 15.8. The molecule has 0 radical (unpaired) electrons. The third-order valence-corrected chi connectivity index (χ3v) is 4.18. The molecule has 0 atom stereocenters. The van der Waals surface area contributed by atoms with Crippen molar-refractivity contribution in [2.24, 2.45) is 0 Å². The molecule has 0 aliphatic carbocycles. The predicted octanol–water partition coefficient (Wildman–Crippen LogP) is 2.41. The van der Waals surface area contributed by atoms with Crippen molar-refractivity contribution < 1.29 is 27.4 Å². The van der Waals surface area contributed by atoms with E-state index < -0.39 is 18.7 Å². The molecule has 2 aromatic heterocycles. The van der Waals surface area contributed by atoms with Crippen molar-refractivity contribution in [3.8, 4) is 23.0 Å². The molecule has 0 saturated heterocycles. The van der Waals surface area contributed by atoms with Crippen LogP contribution >= 0.6 is 0 Å². The number of halogens is 3. The summed E-state index contributed by atoms with van der Waals surface area (Å²) in [5.74, 6) is -0.0202. The molecule has 28 heavy (non-hydrogen) atoms. The van der Waals surface area contributed by atoms with Crippen LogP contribution in [0.25, 0.3) is 17.2 Å². The zero-order valence-electron chi connectivity index (χ0n) is 14.6. The van der Waals surface area contributed by atoms with Gasteiger partial charge in [0.15, 0.2) is 5.82 Å². The Bertz CT molecular complexity index is 1040. The van der Waals surface area contributed by atoms with Crippen LogP contribution in [0.15, 0.2) is 30.6 Å². The number of esters is 1. The van der Waals surface area contributed by atoms with E-state index in [-0.39, 0.29) is 11.5 Å². The number of rotatable bonds is 3. The van der Waals surface area contributed by atoms with Gasteiger partial charge < -0.3 is 9.47 Å². The Balaban J connectivity index is 1.79. The SMILES string of the molecule is COC(=O)c1ccc2c(c1)-n1nc(-c3ncnn3CC(F)(F)F)cc1CCO2. The van der Waals surface area contributed by atoms with Crippen molar-refractivity contribution in [2.75, 3.05) is 13.7 Å². The fourth-order valence-corrected chi connectivity index (χ4v) is 2.98. The van der Waals surface area contributed by atoms with Gasteiger partial charge in [0.2, 0.25) is 0 Å². The lowest BCUT2D eigenvalue weighted by Gasteiger charge is -2.10. The molecule has 0 fully saturated rings. The van der Waals surface area contributed by atoms with Gasteiger partial charge in [-0.15, -0.1) is 0 Å². The van der Waals surface area contributed by atoms with Crippen LogP contribution in [-0.2, 0) is 17.7 Å². The molecule has 4 rings (SSSR count). The second-order valence-electron chi connectivity index (χ2n) is 6.06. The first-order valence-corrected chi connectivity index (χ1v) is 8.25. The van der Waals surface area contributed by atoms with E-state index in [1.807, 2.05) is 0 Å². The number of ether oxygens (including phenoxy) is 2. The van der Waals surface area contributed by atoms with Crippen LogP contribution in [-0.4, -0.2) is 50.4 Å². The maximum absolute atomic E-state index is 12.8. The van der Waals surface area contributed by atoms with Gasteiger partial charge in [-0.25, -0.2) is 19.1 Å². The first-order valence-electron chi connectivity index (χ1n) is 8.25. The van der Waals surface area contributed by atoms with Crippen LogP contribution in [0.2, 0.25) is 0 Å². The van der Waals surface area contributed by atoms with Crippen LogP contribution in [0.4, 0.5) is 13.2 Å². The minimum absolute atomic E-state index is 0.00416. The minimum Gasteiger partial charge on any atom is -0.491 e. The number of hydrogen-bond donors (Lipinski definition) is 0. The topological polar surface area (TPSA) is 84.1 Å². The zero-order valence-corrected chi connectivity index (χ0v) is 14.6. The zero-order chi connectivity index (χ0) is 19.9. The number of benzene rings is 1. The predicted molar refractivity (Wildman–Crippen MR) is 89.2 cm³/mol. The fourth-order valence-electron chi connectivity index (χ4n) is 2.98. The van der Waals surface area contributed by atoms with E-state index in [2.05, 4.69) is 15.2 Å². The molecule has 0 spiro atoms. The minimum atomic E-state index is -4.44. The van der Waals surface area contributed by atoms with Crippen LogP contribution in [0.5, 0.6) is 5.75 Å². The molecule has 0 saturated carbocycles. The summed E-state index contributed by atoms with van der Waals surface area (Å²) in [5, 5.41) is 8.05. The van der Waals surface area contributed by atoms with Crippen molar-refractivity contribution in [1.82, 2.24) is 24.5 Å². The van der Waals surface area contributed by atoms with Gasteiger partial charge in [-0.3, -0.25) is 0 Å². The summed E-state index contributed by atoms with van der Waals surface area (Å²) in [6, 6.07) is 6.40. The van der Waals surface area contributed by atoms with E-state index in [0.717, 1.165) is 11.0 Å². The number of fused-ring (bicyclic) bond motifs is 3.